The molecule has 1 amide bonds. The minimum absolute atomic E-state index is 0.198. The highest BCUT2D eigenvalue weighted by Crippen LogP contribution is 2.16. The van der Waals surface area contributed by atoms with E-state index in [9.17, 15) is 14.0 Å². The molecule has 1 N–H and O–H groups in total. The fourth-order valence-corrected chi connectivity index (χ4v) is 2.18. The second kappa shape index (κ2) is 8.44. The molecule has 0 spiro atoms. The van der Waals surface area contributed by atoms with Gasteiger partial charge in [0.2, 0.25) is 0 Å². The minimum atomic E-state index is -0.654. The minimum Gasteiger partial charge on any atom is -0.497 e. The first-order valence-electron chi connectivity index (χ1n) is 7.01. The van der Waals surface area contributed by atoms with Crippen LogP contribution in [0, 0.1) is 5.82 Å². The van der Waals surface area contributed by atoms with Crippen LogP contribution >= 0.6 is 15.9 Å². The Morgan fingerprint density at radius 3 is 2.50 bits per heavy atom. The van der Waals surface area contributed by atoms with Gasteiger partial charge in [0.05, 0.1) is 7.11 Å². The first-order chi connectivity index (χ1) is 11.5. The topological polar surface area (TPSA) is 64.6 Å². The molecule has 2 aromatic rings. The number of carbonyl (C=O) groups excluding carboxylic acids is 2. The lowest BCUT2D eigenvalue weighted by atomic mass is 10.2. The molecule has 0 saturated heterocycles. The Labute approximate surface area is 146 Å². The van der Waals surface area contributed by atoms with Crippen LogP contribution in [0.15, 0.2) is 46.9 Å². The molecule has 0 aromatic heterocycles. The van der Waals surface area contributed by atoms with E-state index in [4.69, 9.17) is 9.47 Å². The van der Waals surface area contributed by atoms with Crippen LogP contribution in [0.3, 0.4) is 0 Å². The van der Waals surface area contributed by atoms with E-state index in [1.165, 1.54) is 19.2 Å². The Kier molecular flexibility index (Phi) is 6.31. The van der Waals surface area contributed by atoms with Crippen molar-refractivity contribution in [3.05, 3.63) is 63.9 Å². The number of ether oxygens (including phenoxy) is 2. The van der Waals surface area contributed by atoms with E-state index in [1.54, 1.807) is 30.3 Å². The van der Waals surface area contributed by atoms with E-state index in [0.717, 1.165) is 0 Å². The van der Waals surface area contributed by atoms with Gasteiger partial charge >= 0.3 is 5.97 Å². The Morgan fingerprint density at radius 1 is 1.17 bits per heavy atom. The fourth-order valence-electron chi connectivity index (χ4n) is 1.84. The van der Waals surface area contributed by atoms with Crippen molar-refractivity contribution >= 4 is 27.8 Å². The Morgan fingerprint density at radius 2 is 1.88 bits per heavy atom. The van der Waals surface area contributed by atoms with Crippen molar-refractivity contribution < 1.29 is 23.5 Å². The van der Waals surface area contributed by atoms with E-state index < -0.39 is 17.7 Å². The quantitative estimate of drug-likeness (QED) is 0.763. The van der Waals surface area contributed by atoms with Crippen molar-refractivity contribution in [1.29, 1.82) is 0 Å². The normalized spacial score (nSPS) is 10.1. The Hall–Kier alpha value is -2.41. The third-order valence-corrected chi connectivity index (χ3v) is 3.64. The molecule has 24 heavy (non-hydrogen) atoms. The molecule has 0 bridgehead atoms. The van der Waals surface area contributed by atoms with Crippen molar-refractivity contribution in [2.75, 3.05) is 13.7 Å². The zero-order chi connectivity index (χ0) is 17.5. The monoisotopic (exact) mass is 395 g/mol. The summed E-state index contributed by atoms with van der Waals surface area (Å²) in [6.45, 7) is -0.501. The number of esters is 1. The summed E-state index contributed by atoms with van der Waals surface area (Å²) in [7, 11) is 1.53. The largest absolute Gasteiger partial charge is 0.497 e. The lowest BCUT2D eigenvalue weighted by Crippen LogP contribution is -2.30. The second-order valence-electron chi connectivity index (χ2n) is 4.81. The average Bonchev–Trinajstić information content (AvgIpc) is 2.59. The summed E-state index contributed by atoms with van der Waals surface area (Å²) in [6, 6.07) is 10.9. The molecular weight excluding hydrogens is 381 g/mol. The molecule has 126 valence electrons. The summed E-state index contributed by atoms with van der Waals surface area (Å²) in [5.41, 5.74) is 0.649. The predicted molar refractivity (Wildman–Crippen MR) is 89.2 cm³/mol. The third kappa shape index (κ3) is 5.06. The standard InChI is InChI=1S/C17H15BrFNO4/c1-23-14-6-3-11(4-7-14)17(22)20-9-16(21)24-10-12-2-5-13(18)8-15(12)19/h2-8H,9-10H2,1H3,(H,20,22). The van der Waals surface area contributed by atoms with Crippen LogP contribution in [0.25, 0.3) is 0 Å². The highest BCUT2D eigenvalue weighted by atomic mass is 79.9. The van der Waals surface area contributed by atoms with E-state index in [1.807, 2.05) is 0 Å². The lowest BCUT2D eigenvalue weighted by Gasteiger charge is -2.08. The van der Waals surface area contributed by atoms with Crippen LogP contribution < -0.4 is 10.1 Å². The maximum atomic E-state index is 13.6. The van der Waals surface area contributed by atoms with Crippen LogP contribution in [-0.4, -0.2) is 25.5 Å². The molecule has 0 unspecified atom stereocenters. The summed E-state index contributed by atoms with van der Waals surface area (Å²) in [6.07, 6.45) is 0. The van der Waals surface area contributed by atoms with E-state index in [2.05, 4.69) is 21.2 Å². The summed E-state index contributed by atoms with van der Waals surface area (Å²) >= 11 is 3.15. The summed E-state index contributed by atoms with van der Waals surface area (Å²) in [5.74, 6) is -0.912. The van der Waals surface area contributed by atoms with Crippen molar-refractivity contribution in [3.8, 4) is 5.75 Å². The zero-order valence-corrected chi connectivity index (χ0v) is 14.4. The molecule has 0 radical (unpaired) electrons. The maximum Gasteiger partial charge on any atom is 0.325 e. The van der Waals surface area contributed by atoms with Crippen molar-refractivity contribution in [2.24, 2.45) is 0 Å². The molecule has 0 fully saturated rings. The highest BCUT2D eigenvalue weighted by Gasteiger charge is 2.10. The van der Waals surface area contributed by atoms with Gasteiger partial charge in [-0.15, -0.1) is 0 Å². The van der Waals surface area contributed by atoms with Gasteiger partial charge in [0, 0.05) is 15.6 Å². The number of amides is 1. The van der Waals surface area contributed by atoms with Gasteiger partial charge in [0.15, 0.2) is 0 Å². The van der Waals surface area contributed by atoms with Gasteiger partial charge in [0.25, 0.3) is 5.91 Å². The van der Waals surface area contributed by atoms with Gasteiger partial charge in [-0.05, 0) is 36.4 Å². The number of carbonyl (C=O) groups is 2. The first kappa shape index (κ1) is 17.9. The Balaban J connectivity index is 1.80. The van der Waals surface area contributed by atoms with Crippen LogP contribution in [-0.2, 0) is 16.1 Å². The third-order valence-electron chi connectivity index (χ3n) is 3.15. The average molecular weight is 396 g/mol. The molecule has 2 rings (SSSR count). The number of methoxy groups -OCH3 is 1. The maximum absolute atomic E-state index is 13.6. The Bertz CT molecular complexity index is 734. The molecule has 0 saturated carbocycles. The number of hydrogen-bond donors (Lipinski definition) is 1. The second-order valence-corrected chi connectivity index (χ2v) is 5.72. The lowest BCUT2D eigenvalue weighted by molar-refractivity contribution is -0.143. The molecule has 0 aliphatic rings. The molecule has 0 aliphatic carbocycles. The first-order valence-corrected chi connectivity index (χ1v) is 7.80. The number of halogens is 2. The fraction of sp³-hybridized carbons (Fsp3) is 0.176. The van der Waals surface area contributed by atoms with Gasteiger partial charge in [-0.3, -0.25) is 9.59 Å². The number of nitrogens with one attached hydrogen (secondary N) is 1. The van der Waals surface area contributed by atoms with Crippen molar-refractivity contribution in [2.45, 2.75) is 6.61 Å². The number of benzene rings is 2. The van der Waals surface area contributed by atoms with Gasteiger partial charge in [-0.2, -0.15) is 0 Å². The summed E-state index contributed by atoms with van der Waals surface area (Å²) < 4.78 is 24.1. The van der Waals surface area contributed by atoms with Crippen LogP contribution in [0.2, 0.25) is 0 Å². The molecule has 0 aliphatic heterocycles. The van der Waals surface area contributed by atoms with Crippen molar-refractivity contribution in [3.63, 3.8) is 0 Å². The smallest absolute Gasteiger partial charge is 0.325 e. The predicted octanol–water partition coefficient (Wildman–Crippen LogP) is 3.07. The van der Waals surface area contributed by atoms with Gasteiger partial charge in [-0.25, -0.2) is 4.39 Å². The number of rotatable bonds is 6. The van der Waals surface area contributed by atoms with Gasteiger partial charge < -0.3 is 14.8 Å². The van der Waals surface area contributed by atoms with Crippen LogP contribution in [0.1, 0.15) is 15.9 Å². The summed E-state index contributed by atoms with van der Waals surface area (Å²) in [4.78, 5) is 23.5. The molecule has 7 heteroatoms. The van der Waals surface area contributed by atoms with Crippen LogP contribution in [0.5, 0.6) is 5.75 Å². The van der Waals surface area contributed by atoms with Gasteiger partial charge in [-0.1, -0.05) is 22.0 Å². The van der Waals surface area contributed by atoms with Crippen molar-refractivity contribution in [1.82, 2.24) is 5.32 Å². The molecule has 0 heterocycles. The molecule has 2 aromatic carbocycles. The van der Waals surface area contributed by atoms with Gasteiger partial charge in [0.1, 0.15) is 24.7 Å². The number of hydrogen-bond acceptors (Lipinski definition) is 4. The summed E-state index contributed by atoms with van der Waals surface area (Å²) in [5, 5.41) is 2.44. The highest BCUT2D eigenvalue weighted by molar-refractivity contribution is 9.10. The van der Waals surface area contributed by atoms with E-state index in [-0.39, 0.29) is 18.7 Å². The molecular formula is C17H15BrFNO4. The van der Waals surface area contributed by atoms with E-state index in [0.29, 0.717) is 15.8 Å². The van der Waals surface area contributed by atoms with Crippen LogP contribution in [0.4, 0.5) is 4.39 Å². The SMILES string of the molecule is COc1ccc(C(=O)NCC(=O)OCc2ccc(Br)cc2F)cc1. The zero-order valence-electron chi connectivity index (χ0n) is 12.8. The van der Waals surface area contributed by atoms with E-state index >= 15 is 0 Å². The molecule has 0 atom stereocenters. The molecule has 5 nitrogen and oxygen atoms in total.